The van der Waals surface area contributed by atoms with E-state index in [1.54, 1.807) is 7.11 Å². The zero-order valence-electron chi connectivity index (χ0n) is 17.8. The number of hydrogen-bond donors (Lipinski definition) is 3. The second-order valence-electron chi connectivity index (χ2n) is 8.42. The molecule has 0 spiro atoms. The van der Waals surface area contributed by atoms with Gasteiger partial charge in [0.15, 0.2) is 5.82 Å². The van der Waals surface area contributed by atoms with Crippen molar-refractivity contribution in [1.29, 1.82) is 0 Å². The molecule has 7 heteroatoms. The summed E-state index contributed by atoms with van der Waals surface area (Å²) in [6.45, 7) is 1.97. The molecule has 0 radical (unpaired) electrons. The van der Waals surface area contributed by atoms with E-state index in [4.69, 9.17) is 4.74 Å². The first-order valence-electron chi connectivity index (χ1n) is 10.9. The number of aromatic amines is 2. The highest BCUT2D eigenvalue weighted by Crippen LogP contribution is 2.36. The summed E-state index contributed by atoms with van der Waals surface area (Å²) in [5.74, 6) is 0.527. The molecule has 0 saturated heterocycles. The number of fused-ring (bicyclic) bond motifs is 2. The zero-order chi connectivity index (χ0) is 21.4. The van der Waals surface area contributed by atoms with Crippen LogP contribution in [0.3, 0.4) is 0 Å². The van der Waals surface area contributed by atoms with Crippen LogP contribution < -0.4 is 5.32 Å². The van der Waals surface area contributed by atoms with Gasteiger partial charge in [0.2, 0.25) is 0 Å². The number of nitrogens with one attached hydrogen (secondary N) is 3. The van der Waals surface area contributed by atoms with Gasteiger partial charge >= 0.3 is 0 Å². The van der Waals surface area contributed by atoms with E-state index in [1.807, 2.05) is 49.4 Å². The van der Waals surface area contributed by atoms with Gasteiger partial charge in [0.1, 0.15) is 0 Å². The minimum absolute atomic E-state index is 0.102. The van der Waals surface area contributed by atoms with Crippen molar-refractivity contribution in [3.05, 3.63) is 59.5 Å². The van der Waals surface area contributed by atoms with E-state index in [1.165, 1.54) is 0 Å². The molecule has 1 aliphatic carbocycles. The molecule has 0 unspecified atom stereocenters. The fraction of sp³-hybridized carbons (Fsp3) is 0.375. The molecule has 5 rings (SSSR count). The fourth-order valence-electron chi connectivity index (χ4n) is 4.62. The number of carbonyl (C=O) groups is 1. The highest BCUT2D eigenvalue weighted by Gasteiger charge is 2.26. The normalized spacial score (nSPS) is 20.2. The molecule has 4 aromatic rings. The Morgan fingerprint density at radius 3 is 2.65 bits per heavy atom. The second kappa shape index (κ2) is 8.15. The van der Waals surface area contributed by atoms with E-state index in [-0.39, 0.29) is 11.9 Å². The molecule has 0 aliphatic heterocycles. The minimum Gasteiger partial charge on any atom is -0.381 e. The maximum absolute atomic E-state index is 12.8. The minimum atomic E-state index is -0.215. The van der Waals surface area contributed by atoms with Crippen LogP contribution in [0.1, 0.15) is 66.4 Å². The SMILES string of the molecule is COC1CCC(c2n[nH]c3cc4[nH]c(C(=O)N[C@H](C)c5ccccc5)nc4cc23)CC1. The van der Waals surface area contributed by atoms with Crippen molar-refractivity contribution in [2.24, 2.45) is 0 Å². The molecule has 3 N–H and O–H groups in total. The number of carbonyl (C=O) groups excluding carboxylic acids is 1. The predicted molar refractivity (Wildman–Crippen MR) is 120 cm³/mol. The van der Waals surface area contributed by atoms with Gasteiger partial charge in [0, 0.05) is 18.4 Å². The molecule has 1 aliphatic rings. The molecule has 160 valence electrons. The average molecular weight is 418 g/mol. The number of ether oxygens (including phenoxy) is 1. The van der Waals surface area contributed by atoms with Crippen LogP contribution in [0.15, 0.2) is 42.5 Å². The third-order valence-corrected chi connectivity index (χ3v) is 6.45. The third kappa shape index (κ3) is 3.81. The van der Waals surface area contributed by atoms with Crippen LogP contribution in [0.5, 0.6) is 0 Å². The summed E-state index contributed by atoms with van der Waals surface area (Å²) < 4.78 is 5.50. The highest BCUT2D eigenvalue weighted by molar-refractivity contribution is 5.99. The summed E-state index contributed by atoms with van der Waals surface area (Å²) in [7, 11) is 1.79. The Balaban J connectivity index is 1.39. The van der Waals surface area contributed by atoms with Crippen molar-refractivity contribution in [3.63, 3.8) is 0 Å². The van der Waals surface area contributed by atoms with E-state index in [0.29, 0.717) is 17.8 Å². The third-order valence-electron chi connectivity index (χ3n) is 6.45. The van der Waals surface area contributed by atoms with Crippen LogP contribution in [0.25, 0.3) is 21.9 Å². The van der Waals surface area contributed by atoms with E-state index < -0.39 is 0 Å². The number of hydrogen-bond acceptors (Lipinski definition) is 4. The Labute approximate surface area is 180 Å². The van der Waals surface area contributed by atoms with Gasteiger partial charge in [0.05, 0.1) is 34.4 Å². The van der Waals surface area contributed by atoms with Crippen LogP contribution in [-0.2, 0) is 4.74 Å². The summed E-state index contributed by atoms with van der Waals surface area (Å²) >= 11 is 0. The molecule has 2 heterocycles. The molecule has 7 nitrogen and oxygen atoms in total. The number of benzene rings is 2. The number of rotatable bonds is 5. The maximum atomic E-state index is 12.8. The Bertz CT molecular complexity index is 1200. The van der Waals surface area contributed by atoms with Gasteiger partial charge < -0.3 is 15.0 Å². The lowest BCUT2D eigenvalue weighted by Gasteiger charge is -2.26. The van der Waals surface area contributed by atoms with Gasteiger partial charge in [-0.2, -0.15) is 5.10 Å². The smallest absolute Gasteiger partial charge is 0.287 e. The quantitative estimate of drug-likeness (QED) is 0.442. The first-order chi connectivity index (χ1) is 15.1. The lowest BCUT2D eigenvalue weighted by Crippen LogP contribution is -2.27. The van der Waals surface area contributed by atoms with E-state index in [0.717, 1.165) is 58.9 Å². The molecule has 0 bridgehead atoms. The van der Waals surface area contributed by atoms with E-state index in [2.05, 4.69) is 25.5 Å². The molecule has 1 fully saturated rings. The maximum Gasteiger partial charge on any atom is 0.287 e. The van der Waals surface area contributed by atoms with Crippen LogP contribution in [0, 0.1) is 0 Å². The Morgan fingerprint density at radius 1 is 1.13 bits per heavy atom. The lowest BCUT2D eigenvalue weighted by atomic mass is 9.84. The molecule has 31 heavy (non-hydrogen) atoms. The number of nitrogens with zero attached hydrogens (tertiary/aromatic N) is 2. The number of methoxy groups -OCH3 is 1. The first-order valence-corrected chi connectivity index (χ1v) is 10.9. The second-order valence-corrected chi connectivity index (χ2v) is 8.42. The molecule has 1 saturated carbocycles. The van der Waals surface area contributed by atoms with Gasteiger partial charge in [-0.1, -0.05) is 30.3 Å². The fourth-order valence-corrected chi connectivity index (χ4v) is 4.62. The van der Waals surface area contributed by atoms with Gasteiger partial charge in [-0.05, 0) is 50.3 Å². The predicted octanol–water partition coefficient (Wildman–Crippen LogP) is 4.60. The van der Waals surface area contributed by atoms with Crippen molar-refractivity contribution in [1.82, 2.24) is 25.5 Å². The summed E-state index contributed by atoms with van der Waals surface area (Å²) in [4.78, 5) is 20.5. The Hall–Kier alpha value is -3.19. The standard InChI is InChI=1S/C24H27N5O2/c1-14(15-6-4-3-5-7-15)25-24(30)23-26-20-12-18-19(13-21(20)27-23)28-29-22(18)16-8-10-17(31-2)11-9-16/h3-7,12-14,16-17H,8-11H2,1-2H3,(H,25,30)(H,26,27)(H,28,29)/t14-,16?,17?/m1/s1. The van der Waals surface area contributed by atoms with Crippen molar-refractivity contribution >= 4 is 27.8 Å². The summed E-state index contributed by atoms with van der Waals surface area (Å²) in [5.41, 5.74) is 4.71. The summed E-state index contributed by atoms with van der Waals surface area (Å²) in [5, 5.41) is 11.9. The molecule has 2 aromatic heterocycles. The van der Waals surface area contributed by atoms with Gasteiger partial charge in [-0.25, -0.2) is 4.98 Å². The van der Waals surface area contributed by atoms with Crippen molar-refractivity contribution in [2.75, 3.05) is 7.11 Å². The molecule has 1 amide bonds. The number of amides is 1. The average Bonchev–Trinajstić information content (AvgIpc) is 3.41. The molecule has 1 atom stereocenters. The first kappa shape index (κ1) is 19.8. The van der Waals surface area contributed by atoms with Crippen LogP contribution in [-0.4, -0.2) is 39.3 Å². The lowest BCUT2D eigenvalue weighted by molar-refractivity contribution is 0.0656. The van der Waals surface area contributed by atoms with Gasteiger partial charge in [-0.15, -0.1) is 0 Å². The van der Waals surface area contributed by atoms with Crippen molar-refractivity contribution < 1.29 is 9.53 Å². The number of H-pyrrole nitrogens is 2. The number of aromatic nitrogens is 4. The summed E-state index contributed by atoms with van der Waals surface area (Å²) in [6, 6.07) is 13.8. The van der Waals surface area contributed by atoms with Crippen LogP contribution in [0.4, 0.5) is 0 Å². The monoisotopic (exact) mass is 417 g/mol. The molecular formula is C24H27N5O2. The topological polar surface area (TPSA) is 95.7 Å². The largest absolute Gasteiger partial charge is 0.381 e. The highest BCUT2D eigenvalue weighted by atomic mass is 16.5. The Kier molecular flexibility index (Phi) is 5.19. The van der Waals surface area contributed by atoms with Crippen LogP contribution in [0.2, 0.25) is 0 Å². The van der Waals surface area contributed by atoms with Crippen molar-refractivity contribution in [2.45, 2.75) is 50.7 Å². The molecule has 2 aromatic carbocycles. The van der Waals surface area contributed by atoms with Gasteiger partial charge in [0.25, 0.3) is 5.91 Å². The summed E-state index contributed by atoms with van der Waals surface area (Å²) in [6.07, 6.45) is 4.62. The van der Waals surface area contributed by atoms with Crippen LogP contribution >= 0.6 is 0 Å². The number of imidazole rings is 1. The Morgan fingerprint density at radius 2 is 1.90 bits per heavy atom. The van der Waals surface area contributed by atoms with Gasteiger partial charge in [-0.3, -0.25) is 9.89 Å². The molecular weight excluding hydrogens is 390 g/mol. The van der Waals surface area contributed by atoms with Crippen molar-refractivity contribution in [3.8, 4) is 0 Å². The van der Waals surface area contributed by atoms with E-state index in [9.17, 15) is 4.79 Å². The van der Waals surface area contributed by atoms with E-state index >= 15 is 0 Å². The zero-order valence-corrected chi connectivity index (χ0v) is 17.8.